The first kappa shape index (κ1) is 12.9. The summed E-state index contributed by atoms with van der Waals surface area (Å²) in [4.78, 5) is 2.51. The van der Waals surface area contributed by atoms with E-state index in [2.05, 4.69) is 42.3 Å². The van der Waals surface area contributed by atoms with E-state index >= 15 is 0 Å². The molecule has 0 saturated carbocycles. The van der Waals surface area contributed by atoms with Crippen LogP contribution in [0.1, 0.15) is 31.4 Å². The lowest BCUT2D eigenvalue weighted by atomic mass is 10.0. The van der Waals surface area contributed by atoms with Gasteiger partial charge in [0.1, 0.15) is 0 Å². The molecular weight excluding hydrogens is 236 g/mol. The van der Waals surface area contributed by atoms with E-state index in [0.717, 1.165) is 26.2 Å². The van der Waals surface area contributed by atoms with Crippen molar-refractivity contribution in [3.05, 3.63) is 29.3 Å². The Balaban J connectivity index is 1.69. The number of fused-ring (bicyclic) bond motifs is 1. The predicted molar refractivity (Wildman–Crippen MR) is 78.5 cm³/mol. The highest BCUT2D eigenvalue weighted by Gasteiger charge is 2.22. The van der Waals surface area contributed by atoms with E-state index in [9.17, 15) is 0 Å². The molecule has 1 N–H and O–H groups in total. The van der Waals surface area contributed by atoms with E-state index in [0.29, 0.717) is 12.2 Å². The third-order valence-electron chi connectivity index (χ3n) is 4.01. The van der Waals surface area contributed by atoms with E-state index in [1.807, 2.05) is 0 Å². The molecule has 19 heavy (non-hydrogen) atoms. The zero-order valence-electron chi connectivity index (χ0n) is 12.0. The summed E-state index contributed by atoms with van der Waals surface area (Å²) in [6.07, 6.45) is 3.17. The molecule has 1 saturated heterocycles. The van der Waals surface area contributed by atoms with Crippen LogP contribution in [0, 0.1) is 0 Å². The molecule has 0 spiro atoms. The second-order valence-corrected chi connectivity index (χ2v) is 5.97. The molecule has 104 valence electrons. The van der Waals surface area contributed by atoms with E-state index < -0.39 is 0 Å². The lowest BCUT2D eigenvalue weighted by molar-refractivity contribution is -0.0704. The Hall–Kier alpha value is -1.06. The first-order valence-corrected chi connectivity index (χ1v) is 7.44. The molecule has 0 aromatic heterocycles. The van der Waals surface area contributed by atoms with Crippen LogP contribution >= 0.6 is 0 Å². The molecule has 2 aliphatic rings. The van der Waals surface area contributed by atoms with Gasteiger partial charge < -0.3 is 10.1 Å². The van der Waals surface area contributed by atoms with Gasteiger partial charge in [-0.25, -0.2) is 0 Å². The molecule has 0 bridgehead atoms. The van der Waals surface area contributed by atoms with Crippen LogP contribution in [0.15, 0.2) is 18.2 Å². The Morgan fingerprint density at radius 3 is 2.84 bits per heavy atom. The van der Waals surface area contributed by atoms with Crippen molar-refractivity contribution in [1.82, 2.24) is 4.90 Å². The van der Waals surface area contributed by atoms with Gasteiger partial charge in [0.05, 0.1) is 12.2 Å². The van der Waals surface area contributed by atoms with Crippen molar-refractivity contribution >= 4 is 5.69 Å². The topological polar surface area (TPSA) is 24.5 Å². The van der Waals surface area contributed by atoms with Crippen molar-refractivity contribution < 1.29 is 4.74 Å². The van der Waals surface area contributed by atoms with E-state index in [1.54, 1.807) is 0 Å². The Morgan fingerprint density at radius 1 is 1.26 bits per heavy atom. The summed E-state index contributed by atoms with van der Waals surface area (Å²) < 4.78 is 5.79. The lowest BCUT2D eigenvalue weighted by Gasteiger charge is -2.35. The van der Waals surface area contributed by atoms with Crippen molar-refractivity contribution in [2.75, 3.05) is 25.0 Å². The average molecular weight is 260 g/mol. The summed E-state index contributed by atoms with van der Waals surface area (Å²) >= 11 is 0. The Kier molecular flexibility index (Phi) is 3.76. The maximum atomic E-state index is 5.79. The van der Waals surface area contributed by atoms with Crippen molar-refractivity contribution in [2.45, 2.75) is 45.4 Å². The fourth-order valence-corrected chi connectivity index (χ4v) is 3.30. The smallest absolute Gasteiger partial charge is 0.0678 e. The number of aryl methyl sites for hydroxylation is 1. The number of morpholine rings is 1. The number of nitrogens with zero attached hydrogens (tertiary/aromatic N) is 1. The monoisotopic (exact) mass is 260 g/mol. The predicted octanol–water partition coefficient (Wildman–Crippen LogP) is 2.65. The first-order chi connectivity index (χ1) is 9.20. The van der Waals surface area contributed by atoms with Gasteiger partial charge in [0.15, 0.2) is 0 Å². The number of hydrogen-bond donors (Lipinski definition) is 1. The Morgan fingerprint density at radius 2 is 2.05 bits per heavy atom. The third-order valence-corrected chi connectivity index (χ3v) is 4.01. The zero-order valence-corrected chi connectivity index (χ0v) is 12.0. The van der Waals surface area contributed by atoms with Gasteiger partial charge in [0.2, 0.25) is 0 Å². The highest BCUT2D eigenvalue weighted by molar-refractivity contribution is 5.54. The van der Waals surface area contributed by atoms with Gasteiger partial charge >= 0.3 is 0 Å². The molecule has 1 aromatic carbocycles. The highest BCUT2D eigenvalue weighted by Crippen LogP contribution is 2.24. The fourth-order valence-electron chi connectivity index (χ4n) is 3.30. The molecule has 2 atom stereocenters. The first-order valence-electron chi connectivity index (χ1n) is 7.44. The SMILES string of the molecule is CC1CN(Cc2ccc3c(c2)CCCN3)CC(C)O1. The number of rotatable bonds is 2. The number of benzene rings is 1. The number of anilines is 1. The van der Waals surface area contributed by atoms with Crippen LogP contribution in [0.5, 0.6) is 0 Å². The third kappa shape index (κ3) is 3.10. The molecule has 0 radical (unpaired) electrons. The van der Waals surface area contributed by atoms with Gasteiger partial charge in [0, 0.05) is 31.9 Å². The van der Waals surface area contributed by atoms with Gasteiger partial charge in [-0.1, -0.05) is 12.1 Å². The van der Waals surface area contributed by atoms with Crippen LogP contribution in [0.4, 0.5) is 5.69 Å². The normalized spacial score (nSPS) is 27.7. The van der Waals surface area contributed by atoms with Gasteiger partial charge in [-0.05, 0) is 43.9 Å². The number of hydrogen-bond acceptors (Lipinski definition) is 3. The van der Waals surface area contributed by atoms with Gasteiger partial charge in [-0.3, -0.25) is 4.90 Å². The minimum Gasteiger partial charge on any atom is -0.385 e. The standard InChI is InChI=1S/C16H24N2O/c1-12-9-18(10-13(2)19-12)11-14-5-6-16-15(8-14)4-3-7-17-16/h5-6,8,12-13,17H,3-4,7,9-11H2,1-2H3. The number of ether oxygens (including phenoxy) is 1. The largest absolute Gasteiger partial charge is 0.385 e. The van der Waals surface area contributed by atoms with E-state index in [-0.39, 0.29) is 0 Å². The fraction of sp³-hybridized carbons (Fsp3) is 0.625. The van der Waals surface area contributed by atoms with Crippen LogP contribution in [-0.4, -0.2) is 36.7 Å². The average Bonchev–Trinajstić information content (AvgIpc) is 2.37. The van der Waals surface area contributed by atoms with Crippen molar-refractivity contribution in [3.63, 3.8) is 0 Å². The maximum Gasteiger partial charge on any atom is 0.0678 e. The minimum atomic E-state index is 0.350. The summed E-state index contributed by atoms with van der Waals surface area (Å²) in [5, 5.41) is 3.47. The zero-order chi connectivity index (χ0) is 13.2. The Bertz CT molecular complexity index is 436. The second-order valence-electron chi connectivity index (χ2n) is 5.97. The van der Waals surface area contributed by atoms with Crippen LogP contribution in [-0.2, 0) is 17.7 Å². The maximum absolute atomic E-state index is 5.79. The van der Waals surface area contributed by atoms with Gasteiger partial charge in [-0.15, -0.1) is 0 Å². The molecule has 2 unspecified atom stereocenters. The summed E-state index contributed by atoms with van der Waals surface area (Å²) in [6, 6.07) is 6.89. The quantitative estimate of drug-likeness (QED) is 0.884. The molecule has 2 aliphatic heterocycles. The molecule has 1 fully saturated rings. The van der Waals surface area contributed by atoms with Crippen molar-refractivity contribution in [3.8, 4) is 0 Å². The van der Waals surface area contributed by atoms with Crippen molar-refractivity contribution in [1.29, 1.82) is 0 Å². The minimum absolute atomic E-state index is 0.350. The molecule has 1 aromatic rings. The molecule has 3 heteroatoms. The van der Waals surface area contributed by atoms with Crippen molar-refractivity contribution in [2.24, 2.45) is 0 Å². The number of nitrogens with one attached hydrogen (secondary N) is 1. The van der Waals surface area contributed by atoms with Crippen LogP contribution < -0.4 is 5.32 Å². The van der Waals surface area contributed by atoms with Gasteiger partial charge in [-0.2, -0.15) is 0 Å². The molecular formula is C16H24N2O. The summed E-state index contributed by atoms with van der Waals surface area (Å²) in [5.74, 6) is 0. The lowest BCUT2D eigenvalue weighted by Crippen LogP contribution is -2.44. The van der Waals surface area contributed by atoms with E-state index in [4.69, 9.17) is 4.74 Å². The Labute approximate surface area is 115 Å². The van der Waals surface area contributed by atoms with Crippen LogP contribution in [0.3, 0.4) is 0 Å². The highest BCUT2D eigenvalue weighted by atomic mass is 16.5. The molecule has 0 aliphatic carbocycles. The van der Waals surface area contributed by atoms with E-state index in [1.165, 1.54) is 29.7 Å². The van der Waals surface area contributed by atoms with Gasteiger partial charge in [0.25, 0.3) is 0 Å². The molecule has 3 nitrogen and oxygen atoms in total. The summed E-state index contributed by atoms with van der Waals surface area (Å²) in [7, 11) is 0. The summed E-state index contributed by atoms with van der Waals surface area (Å²) in [6.45, 7) is 8.58. The molecule has 3 rings (SSSR count). The van der Waals surface area contributed by atoms with Crippen LogP contribution in [0.25, 0.3) is 0 Å². The van der Waals surface area contributed by atoms with Crippen LogP contribution in [0.2, 0.25) is 0 Å². The molecule has 2 heterocycles. The molecule has 0 amide bonds. The summed E-state index contributed by atoms with van der Waals surface area (Å²) in [5.41, 5.74) is 4.25. The second kappa shape index (κ2) is 5.51.